The number of carbonyl (C=O) groups excluding carboxylic acids is 1. The van der Waals surface area contributed by atoms with Crippen molar-refractivity contribution >= 4 is 11.8 Å². The van der Waals surface area contributed by atoms with Gasteiger partial charge in [-0.05, 0) is 25.0 Å². The molecule has 0 aromatic carbocycles. The van der Waals surface area contributed by atoms with Gasteiger partial charge in [-0.15, -0.1) is 0 Å². The van der Waals surface area contributed by atoms with E-state index in [1.54, 1.807) is 12.1 Å². The largest absolute Gasteiger partial charge is 0.481 e. The number of hydrogen-bond donors (Lipinski definition) is 0. The minimum Gasteiger partial charge on any atom is -0.481 e. The first-order chi connectivity index (χ1) is 12.6. The first-order valence-electron chi connectivity index (χ1n) is 8.14. The molecule has 0 saturated carbocycles. The van der Waals surface area contributed by atoms with Crippen LogP contribution in [0.1, 0.15) is 23.3 Å². The summed E-state index contributed by atoms with van der Waals surface area (Å²) in [6.45, 7) is 1.81. The van der Waals surface area contributed by atoms with Crippen LogP contribution in [0.2, 0.25) is 0 Å². The highest BCUT2D eigenvalue weighted by atomic mass is 16.5. The fourth-order valence-corrected chi connectivity index (χ4v) is 2.62. The molecule has 1 fully saturated rings. The van der Waals surface area contributed by atoms with Crippen LogP contribution in [0.25, 0.3) is 0 Å². The Morgan fingerprint density at radius 2 is 1.65 bits per heavy atom. The molecule has 1 aliphatic rings. The molecule has 138 valence electrons. The second kappa shape index (κ2) is 7.85. The molecule has 9 nitrogen and oxygen atoms in total. The zero-order valence-electron chi connectivity index (χ0n) is 14.9. The van der Waals surface area contributed by atoms with Gasteiger partial charge >= 0.3 is 12.0 Å². The number of anilines is 1. The summed E-state index contributed by atoms with van der Waals surface area (Å²) in [5, 5.41) is 0. The van der Waals surface area contributed by atoms with Crippen molar-refractivity contribution in [2.45, 2.75) is 12.8 Å². The number of nitrogens with zero attached hydrogens (tertiary/aromatic N) is 4. The van der Waals surface area contributed by atoms with Crippen LogP contribution in [0.4, 0.5) is 5.82 Å². The second-order valence-corrected chi connectivity index (χ2v) is 5.54. The van der Waals surface area contributed by atoms with Crippen molar-refractivity contribution in [1.82, 2.24) is 15.0 Å². The lowest BCUT2D eigenvalue weighted by Crippen LogP contribution is -2.20. The molecule has 9 heteroatoms. The van der Waals surface area contributed by atoms with Crippen molar-refractivity contribution in [3.05, 3.63) is 23.9 Å². The molecular formula is C17H20N4O5. The Hall–Kier alpha value is -3.10. The van der Waals surface area contributed by atoms with Crippen LogP contribution in [-0.2, 0) is 4.74 Å². The third kappa shape index (κ3) is 3.76. The van der Waals surface area contributed by atoms with Crippen molar-refractivity contribution in [3.8, 4) is 23.5 Å². The van der Waals surface area contributed by atoms with E-state index in [2.05, 4.69) is 19.9 Å². The average molecular weight is 360 g/mol. The van der Waals surface area contributed by atoms with Gasteiger partial charge in [0.15, 0.2) is 11.4 Å². The third-order valence-corrected chi connectivity index (χ3v) is 3.93. The van der Waals surface area contributed by atoms with Gasteiger partial charge in [-0.1, -0.05) is 0 Å². The summed E-state index contributed by atoms with van der Waals surface area (Å²) in [5.41, 5.74) is 0.0577. The topological polar surface area (TPSA) is 95.9 Å². The van der Waals surface area contributed by atoms with E-state index in [1.165, 1.54) is 27.4 Å². The molecule has 0 amide bonds. The summed E-state index contributed by atoms with van der Waals surface area (Å²) in [6, 6.07) is 4.94. The Balaban J connectivity index is 1.94. The van der Waals surface area contributed by atoms with Gasteiger partial charge in [0.25, 0.3) is 0 Å². The Morgan fingerprint density at radius 3 is 2.23 bits per heavy atom. The van der Waals surface area contributed by atoms with Gasteiger partial charge in [-0.25, -0.2) is 9.78 Å². The number of rotatable bonds is 6. The van der Waals surface area contributed by atoms with Gasteiger partial charge in [0.1, 0.15) is 5.82 Å². The molecule has 1 saturated heterocycles. The van der Waals surface area contributed by atoms with Crippen LogP contribution in [0.5, 0.6) is 23.5 Å². The molecule has 0 aliphatic carbocycles. The van der Waals surface area contributed by atoms with E-state index >= 15 is 0 Å². The first kappa shape index (κ1) is 17.7. The van der Waals surface area contributed by atoms with E-state index in [0.717, 1.165) is 25.9 Å². The molecule has 26 heavy (non-hydrogen) atoms. The second-order valence-electron chi connectivity index (χ2n) is 5.54. The lowest BCUT2D eigenvalue weighted by atomic mass is 10.3. The molecule has 3 heterocycles. The molecule has 0 unspecified atom stereocenters. The van der Waals surface area contributed by atoms with Crippen LogP contribution < -0.4 is 19.1 Å². The normalized spacial score (nSPS) is 13.4. The number of pyridine rings is 1. The lowest BCUT2D eigenvalue weighted by Gasteiger charge is -2.18. The number of esters is 1. The minimum atomic E-state index is -0.601. The summed E-state index contributed by atoms with van der Waals surface area (Å²) < 4.78 is 20.7. The summed E-state index contributed by atoms with van der Waals surface area (Å²) in [7, 11) is 4.23. The highest BCUT2D eigenvalue weighted by Crippen LogP contribution is 2.29. The van der Waals surface area contributed by atoms with Gasteiger partial charge in [0.05, 0.1) is 27.4 Å². The van der Waals surface area contributed by atoms with E-state index < -0.39 is 5.97 Å². The van der Waals surface area contributed by atoms with Crippen LogP contribution in [-0.4, -0.2) is 55.3 Å². The summed E-state index contributed by atoms with van der Waals surface area (Å²) in [4.78, 5) is 26.9. The quantitative estimate of drug-likeness (QED) is 0.717. The smallest absolute Gasteiger partial charge is 0.360 e. The maximum absolute atomic E-state index is 12.2. The van der Waals surface area contributed by atoms with Gasteiger partial charge in [-0.2, -0.15) is 9.97 Å². The van der Waals surface area contributed by atoms with Crippen molar-refractivity contribution in [1.29, 1.82) is 0 Å². The molecule has 0 N–H and O–H groups in total. The van der Waals surface area contributed by atoms with Crippen LogP contribution >= 0.6 is 0 Å². The fraction of sp³-hybridized carbons (Fsp3) is 0.412. The highest BCUT2D eigenvalue weighted by Gasteiger charge is 2.21. The van der Waals surface area contributed by atoms with Crippen molar-refractivity contribution < 1.29 is 23.7 Å². The monoisotopic (exact) mass is 360 g/mol. The molecule has 0 bridgehead atoms. The molecule has 0 spiro atoms. The SMILES string of the molecule is COC(=O)c1nc(N2CCCC2)ccc1Oc1nc(OC)cc(OC)n1. The summed E-state index contributed by atoms with van der Waals surface area (Å²) in [6.07, 6.45) is 2.20. The van der Waals surface area contributed by atoms with Gasteiger partial charge in [0.2, 0.25) is 11.8 Å². The molecule has 0 atom stereocenters. The maximum Gasteiger partial charge on any atom is 0.360 e. The van der Waals surface area contributed by atoms with Gasteiger partial charge < -0.3 is 23.8 Å². The number of hydrogen-bond acceptors (Lipinski definition) is 9. The Labute approximate surface area is 150 Å². The summed E-state index contributed by atoms with van der Waals surface area (Å²) in [5.74, 6) is 0.839. The predicted octanol–water partition coefficient (Wildman–Crippen LogP) is 2.07. The molecule has 3 rings (SSSR count). The number of aromatic nitrogens is 3. The first-order valence-corrected chi connectivity index (χ1v) is 8.14. The summed E-state index contributed by atoms with van der Waals surface area (Å²) >= 11 is 0. The van der Waals surface area contributed by atoms with E-state index in [4.69, 9.17) is 18.9 Å². The van der Waals surface area contributed by atoms with E-state index in [1.807, 2.05) is 0 Å². The standard InChI is InChI=1S/C17H20N4O5/c1-23-13-10-14(24-2)20-17(19-13)26-11-6-7-12(21-8-4-5-9-21)18-15(11)16(22)25-3/h6-7,10H,4-5,8-9H2,1-3H3. The molecular weight excluding hydrogens is 340 g/mol. The van der Waals surface area contributed by atoms with E-state index in [0.29, 0.717) is 5.82 Å². The lowest BCUT2D eigenvalue weighted by molar-refractivity contribution is 0.0591. The van der Waals surface area contributed by atoms with Gasteiger partial charge in [-0.3, -0.25) is 0 Å². The average Bonchev–Trinajstić information content (AvgIpc) is 3.22. The van der Waals surface area contributed by atoms with Crippen molar-refractivity contribution in [2.75, 3.05) is 39.3 Å². The van der Waals surface area contributed by atoms with E-state index in [9.17, 15) is 4.79 Å². The van der Waals surface area contributed by atoms with Crippen LogP contribution in [0.15, 0.2) is 18.2 Å². The van der Waals surface area contributed by atoms with Crippen LogP contribution in [0, 0.1) is 0 Å². The minimum absolute atomic E-state index is 0.0259. The Morgan fingerprint density at radius 1 is 1.00 bits per heavy atom. The van der Waals surface area contributed by atoms with Crippen LogP contribution in [0.3, 0.4) is 0 Å². The molecule has 2 aromatic heterocycles. The predicted molar refractivity (Wildman–Crippen MR) is 92.2 cm³/mol. The number of carbonyl (C=O) groups is 1. The number of ether oxygens (including phenoxy) is 4. The van der Waals surface area contributed by atoms with Crippen molar-refractivity contribution in [3.63, 3.8) is 0 Å². The third-order valence-electron chi connectivity index (χ3n) is 3.93. The Kier molecular flexibility index (Phi) is 5.35. The molecule has 0 radical (unpaired) electrons. The Bertz CT molecular complexity index is 770. The maximum atomic E-state index is 12.2. The molecule has 2 aromatic rings. The van der Waals surface area contributed by atoms with Gasteiger partial charge in [0, 0.05) is 13.1 Å². The number of methoxy groups -OCH3 is 3. The molecule has 1 aliphatic heterocycles. The zero-order chi connectivity index (χ0) is 18.5. The zero-order valence-corrected chi connectivity index (χ0v) is 14.9. The fourth-order valence-electron chi connectivity index (χ4n) is 2.62. The van der Waals surface area contributed by atoms with E-state index in [-0.39, 0.29) is 29.2 Å². The highest BCUT2D eigenvalue weighted by molar-refractivity contribution is 5.90. The van der Waals surface area contributed by atoms with Crippen molar-refractivity contribution in [2.24, 2.45) is 0 Å².